The minimum Gasteiger partial charge on any atom is -0.423 e. The van der Waals surface area contributed by atoms with Gasteiger partial charge in [0.1, 0.15) is 17.4 Å². The zero-order chi connectivity index (χ0) is 13.1. The maximum absolute atomic E-state index is 13.3. The average Bonchev–Trinajstić information content (AvgIpc) is 2.32. The van der Waals surface area contributed by atoms with E-state index in [0.717, 1.165) is 17.7 Å². The first-order chi connectivity index (χ1) is 8.56. The molecule has 0 bridgehead atoms. The molecule has 92 valence electrons. The summed E-state index contributed by atoms with van der Waals surface area (Å²) in [5.74, 6) is -2.21. The predicted octanol–water partition coefficient (Wildman–Crippen LogP) is 3.49. The van der Waals surface area contributed by atoms with Gasteiger partial charge in [-0.3, -0.25) is 0 Å². The van der Waals surface area contributed by atoms with Gasteiger partial charge in [-0.05, 0) is 31.2 Å². The van der Waals surface area contributed by atoms with Gasteiger partial charge in [-0.25, -0.2) is 13.6 Å². The Hall–Kier alpha value is -2.23. The summed E-state index contributed by atoms with van der Waals surface area (Å²) in [5, 5.41) is 0. The fourth-order valence-electron chi connectivity index (χ4n) is 1.42. The number of carbonyl (C=O) groups excluding carboxylic acids is 1. The van der Waals surface area contributed by atoms with Crippen LogP contribution in [0.1, 0.15) is 15.9 Å². The van der Waals surface area contributed by atoms with Crippen LogP contribution in [0.2, 0.25) is 0 Å². The first-order valence-corrected chi connectivity index (χ1v) is 5.30. The predicted molar refractivity (Wildman–Crippen MR) is 62.5 cm³/mol. The molecule has 2 nitrogen and oxygen atoms in total. The second-order valence-corrected chi connectivity index (χ2v) is 3.83. The van der Waals surface area contributed by atoms with Crippen LogP contribution in [-0.2, 0) is 0 Å². The van der Waals surface area contributed by atoms with Gasteiger partial charge in [0.2, 0.25) is 0 Å². The maximum Gasteiger partial charge on any atom is 0.346 e. The summed E-state index contributed by atoms with van der Waals surface area (Å²) in [7, 11) is 0. The van der Waals surface area contributed by atoms with Crippen LogP contribution in [0.3, 0.4) is 0 Å². The van der Waals surface area contributed by atoms with Crippen LogP contribution in [-0.4, -0.2) is 5.97 Å². The lowest BCUT2D eigenvalue weighted by atomic mass is 10.2. The lowest BCUT2D eigenvalue weighted by Gasteiger charge is -2.05. The smallest absolute Gasteiger partial charge is 0.346 e. The summed E-state index contributed by atoms with van der Waals surface area (Å²) in [5.41, 5.74) is 0.722. The van der Waals surface area contributed by atoms with Crippen LogP contribution in [0, 0.1) is 18.6 Å². The first-order valence-electron chi connectivity index (χ1n) is 5.30. The zero-order valence-corrected chi connectivity index (χ0v) is 9.61. The lowest BCUT2D eigenvalue weighted by Crippen LogP contribution is -2.10. The SMILES string of the molecule is Cc1ccc(OC(=O)c2ccc(F)cc2F)cc1. The van der Waals surface area contributed by atoms with Crippen molar-refractivity contribution in [2.45, 2.75) is 6.92 Å². The van der Waals surface area contributed by atoms with E-state index in [4.69, 9.17) is 4.74 Å². The number of hydrogen-bond donors (Lipinski definition) is 0. The molecule has 0 amide bonds. The quantitative estimate of drug-likeness (QED) is 0.600. The van der Waals surface area contributed by atoms with Crippen molar-refractivity contribution in [2.75, 3.05) is 0 Å². The summed E-state index contributed by atoms with van der Waals surface area (Å²) in [6.45, 7) is 1.89. The van der Waals surface area contributed by atoms with E-state index >= 15 is 0 Å². The third kappa shape index (κ3) is 2.71. The topological polar surface area (TPSA) is 26.3 Å². The van der Waals surface area contributed by atoms with Crippen LogP contribution in [0.4, 0.5) is 8.78 Å². The molecule has 0 unspecified atom stereocenters. The minimum absolute atomic E-state index is 0.294. The molecule has 0 aliphatic carbocycles. The molecule has 0 spiro atoms. The number of ether oxygens (including phenoxy) is 1. The highest BCUT2D eigenvalue weighted by Crippen LogP contribution is 2.16. The van der Waals surface area contributed by atoms with Gasteiger partial charge in [-0.15, -0.1) is 0 Å². The van der Waals surface area contributed by atoms with Crippen molar-refractivity contribution in [1.82, 2.24) is 0 Å². The molecule has 0 saturated heterocycles. The van der Waals surface area contributed by atoms with Crippen LogP contribution in [0.15, 0.2) is 42.5 Å². The Bertz CT molecular complexity index is 577. The van der Waals surface area contributed by atoms with Crippen LogP contribution < -0.4 is 4.74 Å². The molecule has 2 aromatic carbocycles. The molecule has 2 rings (SSSR count). The highest BCUT2D eigenvalue weighted by Gasteiger charge is 2.14. The Morgan fingerprint density at radius 3 is 2.33 bits per heavy atom. The Morgan fingerprint density at radius 1 is 1.06 bits per heavy atom. The number of halogens is 2. The second-order valence-electron chi connectivity index (χ2n) is 3.83. The van der Waals surface area contributed by atoms with E-state index in [1.807, 2.05) is 6.92 Å². The molecule has 0 aromatic heterocycles. The summed E-state index contributed by atoms with van der Waals surface area (Å²) in [4.78, 5) is 11.6. The third-order valence-electron chi connectivity index (χ3n) is 2.38. The molecule has 0 aliphatic rings. The maximum atomic E-state index is 13.3. The van der Waals surface area contributed by atoms with Gasteiger partial charge < -0.3 is 4.74 Å². The number of hydrogen-bond acceptors (Lipinski definition) is 2. The molecule has 4 heteroatoms. The number of rotatable bonds is 2. The second kappa shape index (κ2) is 4.96. The molecule has 0 radical (unpaired) electrons. The molecule has 18 heavy (non-hydrogen) atoms. The standard InChI is InChI=1S/C14H10F2O2/c1-9-2-5-11(6-3-9)18-14(17)12-7-4-10(15)8-13(12)16/h2-8H,1H3. The van der Waals surface area contributed by atoms with Crippen LogP contribution in [0.25, 0.3) is 0 Å². The van der Waals surface area contributed by atoms with Gasteiger partial charge >= 0.3 is 5.97 Å². The van der Waals surface area contributed by atoms with Crippen LogP contribution >= 0.6 is 0 Å². The molecule has 2 aromatic rings. The van der Waals surface area contributed by atoms with E-state index in [2.05, 4.69) is 0 Å². The third-order valence-corrected chi connectivity index (χ3v) is 2.38. The zero-order valence-electron chi connectivity index (χ0n) is 9.61. The highest BCUT2D eigenvalue weighted by molar-refractivity contribution is 5.91. The Kier molecular flexibility index (Phi) is 3.37. The van der Waals surface area contributed by atoms with Crippen molar-refractivity contribution in [1.29, 1.82) is 0 Å². The Balaban J connectivity index is 2.19. The van der Waals surface area contributed by atoms with Gasteiger partial charge in [-0.1, -0.05) is 17.7 Å². The largest absolute Gasteiger partial charge is 0.423 e. The summed E-state index contributed by atoms with van der Waals surface area (Å²) < 4.78 is 31.0. The van der Waals surface area contributed by atoms with E-state index in [-0.39, 0.29) is 5.56 Å². The van der Waals surface area contributed by atoms with Gasteiger partial charge in [0.05, 0.1) is 5.56 Å². The van der Waals surface area contributed by atoms with Gasteiger partial charge in [-0.2, -0.15) is 0 Å². The van der Waals surface area contributed by atoms with Crippen molar-refractivity contribution in [2.24, 2.45) is 0 Å². The van der Waals surface area contributed by atoms with Crippen molar-refractivity contribution >= 4 is 5.97 Å². The van der Waals surface area contributed by atoms with Crippen molar-refractivity contribution in [3.63, 3.8) is 0 Å². The number of esters is 1. The molecule has 0 fully saturated rings. The fourth-order valence-corrected chi connectivity index (χ4v) is 1.42. The Labute approximate surface area is 103 Å². The van der Waals surface area contributed by atoms with Gasteiger partial charge in [0, 0.05) is 6.07 Å². The van der Waals surface area contributed by atoms with E-state index in [0.29, 0.717) is 11.8 Å². The molecule has 0 saturated carbocycles. The van der Waals surface area contributed by atoms with E-state index in [9.17, 15) is 13.6 Å². The number of benzene rings is 2. The average molecular weight is 248 g/mol. The number of carbonyl (C=O) groups is 1. The normalized spacial score (nSPS) is 10.2. The Morgan fingerprint density at radius 2 is 1.72 bits per heavy atom. The summed E-state index contributed by atoms with van der Waals surface area (Å²) >= 11 is 0. The monoisotopic (exact) mass is 248 g/mol. The molecule has 0 atom stereocenters. The van der Waals surface area contributed by atoms with Gasteiger partial charge in [0.25, 0.3) is 0 Å². The van der Waals surface area contributed by atoms with E-state index in [1.165, 1.54) is 0 Å². The minimum atomic E-state index is -0.938. The van der Waals surface area contributed by atoms with E-state index in [1.54, 1.807) is 24.3 Å². The van der Waals surface area contributed by atoms with Gasteiger partial charge in [0.15, 0.2) is 0 Å². The summed E-state index contributed by atoms with van der Waals surface area (Å²) in [6, 6.07) is 9.46. The van der Waals surface area contributed by atoms with Crippen molar-refractivity contribution in [3.05, 3.63) is 65.2 Å². The lowest BCUT2D eigenvalue weighted by molar-refractivity contribution is 0.0730. The summed E-state index contributed by atoms with van der Waals surface area (Å²) in [6.07, 6.45) is 0. The van der Waals surface area contributed by atoms with Crippen molar-refractivity contribution < 1.29 is 18.3 Å². The number of aryl methyl sites for hydroxylation is 1. The molecule has 0 heterocycles. The first kappa shape index (κ1) is 12.2. The molecule has 0 aliphatic heterocycles. The fraction of sp³-hybridized carbons (Fsp3) is 0.0714. The molecular formula is C14H10F2O2. The van der Waals surface area contributed by atoms with Crippen LogP contribution in [0.5, 0.6) is 5.75 Å². The van der Waals surface area contributed by atoms with E-state index < -0.39 is 17.6 Å². The van der Waals surface area contributed by atoms with Crippen molar-refractivity contribution in [3.8, 4) is 5.75 Å². The molecule has 0 N–H and O–H groups in total. The highest BCUT2D eigenvalue weighted by atomic mass is 19.1. The molecular weight excluding hydrogens is 238 g/mol.